The van der Waals surface area contributed by atoms with Crippen molar-refractivity contribution in [2.75, 3.05) is 26.3 Å². The van der Waals surface area contributed by atoms with Crippen molar-refractivity contribution in [2.45, 2.75) is 25.7 Å². The minimum absolute atomic E-state index is 0. The van der Waals surface area contributed by atoms with Crippen molar-refractivity contribution in [1.29, 1.82) is 0 Å². The van der Waals surface area contributed by atoms with Gasteiger partial charge in [-0.3, -0.25) is 4.79 Å². The maximum atomic E-state index is 13.8. The number of aromatic amines is 2. The summed E-state index contributed by atoms with van der Waals surface area (Å²) in [6, 6.07) is 2.71. The first-order chi connectivity index (χ1) is 17.9. The Morgan fingerprint density at radius 3 is 2.13 bits per heavy atom. The van der Waals surface area contributed by atoms with Gasteiger partial charge in [0.15, 0.2) is 23.1 Å². The molecular formula is C26H25F2KN4O6. The van der Waals surface area contributed by atoms with Crippen LogP contribution in [0.15, 0.2) is 12.1 Å². The van der Waals surface area contributed by atoms with Crippen molar-refractivity contribution in [3.05, 3.63) is 57.4 Å². The number of aromatic carboxylic acids is 1. The quantitative estimate of drug-likeness (QED) is 0.214. The maximum absolute atomic E-state index is 13.8. The van der Waals surface area contributed by atoms with Gasteiger partial charge < -0.3 is 41.1 Å². The van der Waals surface area contributed by atoms with Crippen molar-refractivity contribution >= 4 is 33.7 Å². The first-order valence-corrected chi connectivity index (χ1v) is 12.1. The third-order valence-corrected chi connectivity index (χ3v) is 7.09. The van der Waals surface area contributed by atoms with Gasteiger partial charge in [-0.05, 0) is 30.5 Å². The Morgan fingerprint density at radius 2 is 1.54 bits per heavy atom. The number of fused-ring (bicyclic) bond motifs is 8. The molecule has 1 amide bonds. The first kappa shape index (κ1) is 29.5. The van der Waals surface area contributed by atoms with Gasteiger partial charge in [-0.15, -0.1) is 0 Å². The molecule has 10 nitrogen and oxygen atoms in total. The van der Waals surface area contributed by atoms with Crippen LogP contribution in [0.25, 0.3) is 21.8 Å². The van der Waals surface area contributed by atoms with Crippen LogP contribution in [-0.4, -0.2) is 58.7 Å². The van der Waals surface area contributed by atoms with Crippen LogP contribution in [0.1, 0.15) is 43.2 Å². The topological polar surface area (TPSA) is 172 Å². The van der Waals surface area contributed by atoms with Crippen molar-refractivity contribution in [3.8, 4) is 11.5 Å². The van der Waals surface area contributed by atoms with Crippen LogP contribution in [0.3, 0.4) is 0 Å². The summed E-state index contributed by atoms with van der Waals surface area (Å²) in [5.41, 5.74) is 10.6. The number of carbonyl (C=O) groups is 2. The van der Waals surface area contributed by atoms with Gasteiger partial charge in [-0.1, -0.05) is 0 Å². The Labute approximate surface area is 263 Å². The van der Waals surface area contributed by atoms with Crippen LogP contribution in [-0.2, 0) is 25.7 Å². The van der Waals surface area contributed by atoms with E-state index in [1.54, 1.807) is 0 Å². The van der Waals surface area contributed by atoms with E-state index < -0.39 is 11.8 Å². The minimum Gasteiger partial charge on any atom is -0.870 e. The molecule has 0 radical (unpaired) electrons. The molecule has 0 saturated carbocycles. The van der Waals surface area contributed by atoms with Gasteiger partial charge in [0.05, 0.1) is 13.2 Å². The standard InChI is InChI=1S/C13H13FN2O3.C13H11FN2O2.K.H2O/c14-8-5-9-10(7-2-4-19-12(7)8)6(1-3-15)11(16-9)13(17)18;14-8-5-9-10(7-2-4-18-12(7)8)6-1-3-15-13(17)11(6)16-9;;/h5,16H,1-4,15H2,(H,17,18);5,16H,1-4H2,(H,15,17);;1H2/q;;+1;/p-1. The minimum atomic E-state index is -1.06. The van der Waals surface area contributed by atoms with Crippen molar-refractivity contribution < 1.29 is 89.8 Å². The van der Waals surface area contributed by atoms with E-state index >= 15 is 0 Å². The number of hydrogen-bond acceptors (Lipinski definition) is 6. The predicted molar refractivity (Wildman–Crippen MR) is 133 cm³/mol. The van der Waals surface area contributed by atoms with E-state index in [0.29, 0.717) is 73.6 Å². The normalized spacial score (nSPS) is 14.6. The zero-order valence-corrected chi connectivity index (χ0v) is 24.3. The van der Waals surface area contributed by atoms with Gasteiger partial charge in [0.25, 0.3) is 5.91 Å². The Balaban J connectivity index is 0.000000172. The van der Waals surface area contributed by atoms with Crippen LogP contribution in [0.5, 0.6) is 11.5 Å². The number of carboxylic acid groups (broad SMARTS) is 1. The van der Waals surface area contributed by atoms with Gasteiger partial charge in [0.2, 0.25) is 0 Å². The van der Waals surface area contributed by atoms with E-state index in [4.69, 9.17) is 15.2 Å². The number of aromatic nitrogens is 2. The number of rotatable bonds is 3. The van der Waals surface area contributed by atoms with Crippen LogP contribution < -0.4 is 71.9 Å². The Hall–Kier alpha value is -2.52. The van der Waals surface area contributed by atoms with Gasteiger partial charge in [-0.2, -0.15) is 0 Å². The van der Waals surface area contributed by atoms with Crippen LogP contribution in [0, 0.1) is 11.6 Å². The number of carboxylic acids is 1. The molecule has 2 aromatic heterocycles. The fourth-order valence-corrected chi connectivity index (χ4v) is 5.64. The zero-order valence-electron chi connectivity index (χ0n) is 21.2. The number of benzene rings is 2. The molecule has 200 valence electrons. The van der Waals surface area contributed by atoms with E-state index in [1.165, 1.54) is 12.1 Å². The molecule has 4 aromatic rings. The number of nitrogens with two attached hydrogens (primary N) is 1. The SMILES string of the molecule is NCCc1c(C(=O)O)[nH]c2cc(F)c3c(c12)CCO3.O=C1NCCc2c1[nH]c1cc(F)c3c(c21)CCO3.[K+].[OH-]. The molecule has 0 unspecified atom stereocenters. The van der Waals surface area contributed by atoms with Gasteiger partial charge in [0.1, 0.15) is 11.4 Å². The van der Waals surface area contributed by atoms with Crippen LogP contribution >= 0.6 is 0 Å². The van der Waals surface area contributed by atoms with E-state index in [1.807, 2.05) is 0 Å². The second kappa shape index (κ2) is 11.5. The van der Waals surface area contributed by atoms with Crippen molar-refractivity contribution in [1.82, 2.24) is 15.3 Å². The molecule has 0 bridgehead atoms. The number of halogens is 2. The average Bonchev–Trinajstić information content (AvgIpc) is 3.64. The van der Waals surface area contributed by atoms with Crippen molar-refractivity contribution in [2.24, 2.45) is 5.73 Å². The summed E-state index contributed by atoms with van der Waals surface area (Å²) in [4.78, 5) is 28.8. The average molecular weight is 567 g/mol. The molecule has 5 heterocycles. The summed E-state index contributed by atoms with van der Waals surface area (Å²) in [6.45, 7) is 1.89. The third kappa shape index (κ3) is 4.86. The summed E-state index contributed by atoms with van der Waals surface area (Å²) in [5.74, 6) is -1.39. The summed E-state index contributed by atoms with van der Waals surface area (Å²) < 4.78 is 38.3. The predicted octanol–water partition coefficient (Wildman–Crippen LogP) is -0.204. The summed E-state index contributed by atoms with van der Waals surface area (Å²) in [5, 5.41) is 13.7. The monoisotopic (exact) mass is 566 g/mol. The fourth-order valence-electron chi connectivity index (χ4n) is 5.64. The zero-order chi connectivity index (χ0) is 25.8. The smallest absolute Gasteiger partial charge is 0.870 e. The first-order valence-electron chi connectivity index (χ1n) is 12.1. The third-order valence-electron chi connectivity index (χ3n) is 7.09. The molecule has 0 atom stereocenters. The van der Waals surface area contributed by atoms with Gasteiger partial charge in [-0.25, -0.2) is 13.6 Å². The van der Waals surface area contributed by atoms with E-state index in [0.717, 1.165) is 33.9 Å². The Morgan fingerprint density at radius 1 is 0.949 bits per heavy atom. The summed E-state index contributed by atoms with van der Waals surface area (Å²) >= 11 is 0. The van der Waals surface area contributed by atoms with Crippen LogP contribution in [0.2, 0.25) is 0 Å². The molecule has 13 heteroatoms. The molecule has 3 aliphatic heterocycles. The number of nitrogens with one attached hydrogen (secondary N) is 3. The molecule has 3 aliphatic rings. The number of carbonyl (C=O) groups excluding carboxylic acids is 1. The molecular weight excluding hydrogens is 541 g/mol. The number of ether oxygens (including phenoxy) is 2. The molecule has 7 rings (SSSR count). The van der Waals surface area contributed by atoms with Crippen LogP contribution in [0.4, 0.5) is 8.78 Å². The number of H-pyrrole nitrogens is 2. The fraction of sp³-hybridized carbons (Fsp3) is 0.308. The maximum Gasteiger partial charge on any atom is 1.00 e. The summed E-state index contributed by atoms with van der Waals surface area (Å²) in [6.07, 6.45) is 2.49. The van der Waals surface area contributed by atoms with E-state index in [9.17, 15) is 23.5 Å². The molecule has 39 heavy (non-hydrogen) atoms. The molecule has 0 spiro atoms. The molecule has 0 aliphatic carbocycles. The second-order valence-electron chi connectivity index (χ2n) is 9.18. The van der Waals surface area contributed by atoms with Gasteiger partial charge in [0, 0.05) is 64.5 Å². The Kier molecular flexibility index (Phi) is 8.71. The molecule has 0 fully saturated rings. The van der Waals surface area contributed by atoms with Gasteiger partial charge >= 0.3 is 57.4 Å². The number of amides is 1. The Bertz CT molecular complexity index is 1620. The number of hydrogen-bond donors (Lipinski definition) is 5. The molecule has 2 aromatic carbocycles. The van der Waals surface area contributed by atoms with E-state index in [2.05, 4.69) is 15.3 Å². The molecule has 7 N–H and O–H groups in total. The molecule has 0 saturated heterocycles. The second-order valence-corrected chi connectivity index (χ2v) is 9.18. The van der Waals surface area contributed by atoms with Crippen molar-refractivity contribution in [3.63, 3.8) is 0 Å². The largest absolute Gasteiger partial charge is 1.00 e. The van der Waals surface area contributed by atoms with E-state index in [-0.39, 0.29) is 80.0 Å². The summed E-state index contributed by atoms with van der Waals surface area (Å²) in [7, 11) is 0.